The van der Waals surface area contributed by atoms with Crippen LogP contribution in [0.4, 0.5) is 5.69 Å². The lowest BCUT2D eigenvalue weighted by Crippen LogP contribution is -2.19. The van der Waals surface area contributed by atoms with E-state index in [1.807, 2.05) is 61.6 Å². The van der Waals surface area contributed by atoms with Crippen LogP contribution < -0.4 is 5.32 Å². The van der Waals surface area contributed by atoms with Gasteiger partial charge in [0.25, 0.3) is 0 Å². The fraction of sp³-hybridized carbons (Fsp3) is 0.421. The van der Waals surface area contributed by atoms with Crippen molar-refractivity contribution in [3.63, 3.8) is 0 Å². The Morgan fingerprint density at radius 2 is 2.15 bits per heavy atom. The molecule has 0 amide bonds. The zero-order chi connectivity index (χ0) is 19.4. The highest BCUT2D eigenvalue weighted by atomic mass is 16.5. The first-order valence-corrected chi connectivity index (χ1v) is 8.96. The second kappa shape index (κ2) is 8.11. The molecule has 1 aliphatic rings. The minimum absolute atomic E-state index is 0.616. The molecule has 1 aliphatic heterocycles. The van der Waals surface area contributed by atoms with E-state index in [4.69, 9.17) is 4.74 Å². The van der Waals surface area contributed by atoms with Crippen LogP contribution in [0, 0.1) is 13.8 Å². The lowest BCUT2D eigenvalue weighted by Gasteiger charge is -2.21. The molecule has 0 unspecified atom stereocenters. The molecule has 1 N–H and O–H groups in total. The van der Waals surface area contributed by atoms with Crippen molar-refractivity contribution in [1.82, 2.24) is 24.6 Å². The summed E-state index contributed by atoms with van der Waals surface area (Å²) in [7, 11) is 5.54. The molecule has 0 spiro atoms. The molecular formula is C19H27N7O. The number of anilines is 1. The maximum Gasteiger partial charge on any atom is 0.118 e. The van der Waals surface area contributed by atoms with Crippen LogP contribution in [0.25, 0.3) is 5.57 Å². The van der Waals surface area contributed by atoms with Crippen LogP contribution in [0.1, 0.15) is 23.4 Å². The van der Waals surface area contributed by atoms with Gasteiger partial charge in [-0.05, 0) is 19.9 Å². The zero-order valence-electron chi connectivity index (χ0n) is 16.6. The smallest absolute Gasteiger partial charge is 0.118 e. The Morgan fingerprint density at radius 1 is 1.33 bits per heavy atom. The van der Waals surface area contributed by atoms with Crippen LogP contribution in [-0.2, 0) is 18.8 Å². The highest BCUT2D eigenvalue weighted by Gasteiger charge is 2.14. The number of nitrogens with zero attached hydrogens (tertiary/aromatic N) is 6. The van der Waals surface area contributed by atoms with Crippen molar-refractivity contribution in [3.05, 3.63) is 47.4 Å². The molecule has 0 bridgehead atoms. The quantitative estimate of drug-likeness (QED) is 0.599. The highest BCUT2D eigenvalue weighted by molar-refractivity contribution is 5.74. The Kier molecular flexibility index (Phi) is 5.63. The predicted molar refractivity (Wildman–Crippen MR) is 107 cm³/mol. The van der Waals surface area contributed by atoms with Gasteiger partial charge in [-0.15, -0.1) is 0 Å². The summed E-state index contributed by atoms with van der Waals surface area (Å²) in [5.41, 5.74) is 5.33. The van der Waals surface area contributed by atoms with Crippen molar-refractivity contribution in [2.45, 2.75) is 20.3 Å². The average Bonchev–Trinajstić information content (AvgIpc) is 3.19. The molecule has 3 rings (SSSR count). The van der Waals surface area contributed by atoms with Crippen molar-refractivity contribution < 1.29 is 4.74 Å². The summed E-state index contributed by atoms with van der Waals surface area (Å²) in [6.45, 7) is 5.50. The van der Waals surface area contributed by atoms with Crippen molar-refractivity contribution in [2.24, 2.45) is 19.2 Å². The van der Waals surface area contributed by atoms with E-state index < -0.39 is 0 Å². The number of ether oxygens (including phenoxy) is 1. The molecule has 27 heavy (non-hydrogen) atoms. The fourth-order valence-electron chi connectivity index (χ4n) is 3.00. The number of nitrogens with one attached hydrogen (secondary N) is 1. The van der Waals surface area contributed by atoms with Gasteiger partial charge in [-0.1, -0.05) is 0 Å². The number of methoxy groups -OCH3 is 1. The summed E-state index contributed by atoms with van der Waals surface area (Å²) in [6.07, 6.45) is 10.6. The van der Waals surface area contributed by atoms with Gasteiger partial charge in [-0.2, -0.15) is 15.3 Å². The van der Waals surface area contributed by atoms with E-state index in [0.717, 1.165) is 46.9 Å². The molecule has 0 aliphatic carbocycles. The first kappa shape index (κ1) is 18.8. The number of aromatic nitrogens is 4. The van der Waals surface area contributed by atoms with Gasteiger partial charge in [0.15, 0.2) is 0 Å². The van der Waals surface area contributed by atoms with Crippen LogP contribution in [0.15, 0.2) is 35.5 Å². The highest BCUT2D eigenvalue weighted by Crippen LogP contribution is 2.23. The molecule has 0 atom stereocenters. The van der Waals surface area contributed by atoms with Crippen LogP contribution >= 0.6 is 0 Å². The van der Waals surface area contributed by atoms with Gasteiger partial charge in [0.05, 0.1) is 36.9 Å². The zero-order valence-corrected chi connectivity index (χ0v) is 16.6. The Balaban J connectivity index is 1.59. The topological polar surface area (TPSA) is 72.5 Å². The van der Waals surface area contributed by atoms with Gasteiger partial charge < -0.3 is 10.1 Å². The summed E-state index contributed by atoms with van der Waals surface area (Å²) in [4.78, 5) is 0. The van der Waals surface area contributed by atoms with Crippen molar-refractivity contribution >= 4 is 17.5 Å². The average molecular weight is 369 g/mol. The Labute approximate surface area is 159 Å². The summed E-state index contributed by atoms with van der Waals surface area (Å²) >= 11 is 0. The lowest BCUT2D eigenvalue weighted by atomic mass is 10.1. The first-order valence-electron chi connectivity index (χ1n) is 8.96. The van der Waals surface area contributed by atoms with Crippen molar-refractivity contribution in [3.8, 4) is 0 Å². The number of hydrazone groups is 1. The molecule has 8 nitrogen and oxygen atoms in total. The van der Waals surface area contributed by atoms with E-state index >= 15 is 0 Å². The van der Waals surface area contributed by atoms with Crippen LogP contribution in [0.2, 0.25) is 0 Å². The van der Waals surface area contributed by atoms with Crippen LogP contribution in [-0.4, -0.2) is 51.0 Å². The van der Waals surface area contributed by atoms with Crippen molar-refractivity contribution in [2.75, 3.05) is 25.5 Å². The molecule has 0 fully saturated rings. The predicted octanol–water partition coefficient (Wildman–Crippen LogP) is 2.45. The molecule has 3 heterocycles. The van der Waals surface area contributed by atoms with E-state index in [0.29, 0.717) is 6.54 Å². The monoisotopic (exact) mass is 369 g/mol. The van der Waals surface area contributed by atoms with Gasteiger partial charge in [0.2, 0.25) is 0 Å². The molecule has 2 aromatic heterocycles. The second-order valence-electron chi connectivity index (χ2n) is 6.58. The summed E-state index contributed by atoms with van der Waals surface area (Å²) in [5, 5.41) is 18.6. The minimum Gasteiger partial charge on any atom is -0.499 e. The SMILES string of the molecule is COC1=CC(c2cnn(C)c2)=CN(N=CCCNc2c(C)nn(C)c2C)C1. The maximum absolute atomic E-state index is 5.45. The lowest BCUT2D eigenvalue weighted by molar-refractivity contribution is 0.246. The third-order valence-corrected chi connectivity index (χ3v) is 4.54. The summed E-state index contributed by atoms with van der Waals surface area (Å²) < 4.78 is 9.13. The van der Waals surface area contributed by atoms with E-state index in [9.17, 15) is 0 Å². The maximum atomic E-state index is 5.45. The van der Waals surface area contributed by atoms with Gasteiger partial charge >= 0.3 is 0 Å². The summed E-state index contributed by atoms with van der Waals surface area (Å²) in [5.74, 6) is 0.869. The summed E-state index contributed by atoms with van der Waals surface area (Å²) in [6, 6.07) is 0. The fourth-order valence-corrected chi connectivity index (χ4v) is 3.00. The molecule has 2 aromatic rings. The largest absolute Gasteiger partial charge is 0.499 e. The molecule has 8 heteroatoms. The Hall–Kier alpha value is -3.03. The number of allylic oxidation sites excluding steroid dienone is 2. The minimum atomic E-state index is 0.616. The van der Waals surface area contributed by atoms with E-state index in [1.165, 1.54) is 0 Å². The van der Waals surface area contributed by atoms with Gasteiger partial charge in [0, 0.05) is 56.8 Å². The molecule has 144 valence electrons. The second-order valence-corrected chi connectivity index (χ2v) is 6.58. The number of rotatable bonds is 7. The van der Waals surface area contributed by atoms with E-state index in [-0.39, 0.29) is 0 Å². The standard InChI is InChI=1S/C19H27N7O/c1-14-19(15(2)25(4)23-14)20-7-6-8-21-26-12-16(9-18(13-26)27-5)17-10-22-24(3)11-17/h8-12,20H,6-7,13H2,1-5H3. The Morgan fingerprint density at radius 3 is 2.78 bits per heavy atom. The molecule has 0 aromatic carbocycles. The van der Waals surface area contributed by atoms with Crippen molar-refractivity contribution in [1.29, 1.82) is 0 Å². The third-order valence-electron chi connectivity index (χ3n) is 4.54. The van der Waals surface area contributed by atoms with E-state index in [1.54, 1.807) is 11.8 Å². The van der Waals surface area contributed by atoms with Gasteiger partial charge in [0.1, 0.15) is 5.76 Å². The molecule has 0 saturated carbocycles. The Bertz CT molecular complexity index is 888. The molecule has 0 saturated heterocycles. The number of hydrogen-bond donors (Lipinski definition) is 1. The van der Waals surface area contributed by atoms with Crippen LogP contribution in [0.5, 0.6) is 0 Å². The number of aryl methyl sites for hydroxylation is 3. The van der Waals surface area contributed by atoms with E-state index in [2.05, 4.69) is 27.5 Å². The normalized spacial score (nSPS) is 14.5. The van der Waals surface area contributed by atoms with Gasteiger partial charge in [-0.25, -0.2) is 0 Å². The molecule has 0 radical (unpaired) electrons. The van der Waals surface area contributed by atoms with Crippen LogP contribution in [0.3, 0.4) is 0 Å². The number of hydrogen-bond acceptors (Lipinski definition) is 6. The molecular weight excluding hydrogens is 342 g/mol. The first-order chi connectivity index (χ1) is 13.0. The third kappa shape index (κ3) is 4.39. The van der Waals surface area contributed by atoms with Gasteiger partial charge in [-0.3, -0.25) is 14.4 Å².